The smallest absolute Gasteiger partial charge is 0.339 e. The van der Waals surface area contributed by atoms with Crippen LogP contribution in [0.25, 0.3) is 28.6 Å². The van der Waals surface area contributed by atoms with Crippen molar-refractivity contribution in [1.82, 2.24) is 24.5 Å². The van der Waals surface area contributed by atoms with E-state index in [0.717, 1.165) is 0 Å². The van der Waals surface area contributed by atoms with Crippen LogP contribution >= 0.6 is 23.2 Å². The van der Waals surface area contributed by atoms with Crippen LogP contribution in [0, 0.1) is 13.8 Å². The van der Waals surface area contributed by atoms with Crippen LogP contribution in [-0.2, 0) is 0 Å². The summed E-state index contributed by atoms with van der Waals surface area (Å²) >= 11 is 12.3. The van der Waals surface area contributed by atoms with Gasteiger partial charge in [-0.25, -0.2) is 14.8 Å². The zero-order valence-electron chi connectivity index (χ0n) is 14.1. The molecule has 136 valence electrons. The molecule has 10 heteroatoms. The first-order chi connectivity index (χ1) is 12.8. The van der Waals surface area contributed by atoms with Crippen LogP contribution in [0.3, 0.4) is 0 Å². The Hall–Kier alpha value is -2.97. The van der Waals surface area contributed by atoms with Gasteiger partial charge in [0, 0.05) is 23.7 Å². The summed E-state index contributed by atoms with van der Waals surface area (Å²) in [4.78, 5) is 24.8. The first-order valence-corrected chi connectivity index (χ1v) is 8.50. The van der Waals surface area contributed by atoms with Gasteiger partial charge in [0.15, 0.2) is 0 Å². The summed E-state index contributed by atoms with van der Waals surface area (Å²) in [5.74, 6) is -0.177. The monoisotopic (exact) mass is 403 g/mol. The number of carboxylic acid groups (broad SMARTS) is 1. The van der Waals surface area contributed by atoms with Gasteiger partial charge < -0.3 is 9.63 Å². The summed E-state index contributed by atoms with van der Waals surface area (Å²) in [6.45, 7) is 3.26. The van der Waals surface area contributed by atoms with Crippen LogP contribution in [0.5, 0.6) is 0 Å². The molecule has 0 spiro atoms. The van der Waals surface area contributed by atoms with Crippen LogP contribution in [0.15, 0.2) is 28.9 Å². The fourth-order valence-corrected chi connectivity index (χ4v) is 3.32. The molecule has 0 aliphatic rings. The first-order valence-electron chi connectivity index (χ1n) is 7.74. The van der Waals surface area contributed by atoms with E-state index in [2.05, 4.69) is 20.1 Å². The maximum Gasteiger partial charge on any atom is 0.339 e. The molecule has 0 atom stereocenters. The van der Waals surface area contributed by atoms with Crippen molar-refractivity contribution in [2.75, 3.05) is 0 Å². The third-order valence-electron chi connectivity index (χ3n) is 3.95. The number of aryl methyl sites for hydroxylation is 2. The number of nitrogens with zero attached hydrogens (tertiary/aromatic N) is 5. The molecule has 27 heavy (non-hydrogen) atoms. The van der Waals surface area contributed by atoms with Gasteiger partial charge in [0.05, 0.1) is 16.4 Å². The highest BCUT2D eigenvalue weighted by molar-refractivity contribution is 6.36. The van der Waals surface area contributed by atoms with Gasteiger partial charge in [-0.05, 0) is 25.1 Å². The van der Waals surface area contributed by atoms with Gasteiger partial charge in [-0.2, -0.15) is 4.98 Å². The zero-order chi connectivity index (χ0) is 19.3. The molecular formula is C17H11Cl2N5O3. The summed E-state index contributed by atoms with van der Waals surface area (Å²) in [6, 6.07) is 4.84. The molecule has 4 rings (SSSR count). The number of fused-ring (bicyclic) bond motifs is 1. The van der Waals surface area contributed by atoms with Crippen molar-refractivity contribution in [3.05, 3.63) is 51.6 Å². The number of carbonyl (C=O) groups is 1. The maximum absolute atomic E-state index is 11.9. The van der Waals surface area contributed by atoms with Crippen molar-refractivity contribution in [3.63, 3.8) is 0 Å². The minimum atomic E-state index is -1.13. The molecule has 3 heterocycles. The second-order valence-corrected chi connectivity index (χ2v) is 6.63. The fraction of sp³-hybridized carbons (Fsp3) is 0.118. The Bertz CT molecular complexity index is 1210. The third kappa shape index (κ3) is 2.92. The van der Waals surface area contributed by atoms with Gasteiger partial charge in [-0.1, -0.05) is 28.4 Å². The second kappa shape index (κ2) is 6.33. The predicted octanol–water partition coefficient (Wildman–Crippen LogP) is 4.07. The molecule has 0 unspecified atom stereocenters. The SMILES string of the molecule is Cc1nc(-c2cn3c(-c4ccc(Cl)cc4Cl)c(C(=O)O)c(C)nc3n2)no1. The van der Waals surface area contributed by atoms with E-state index < -0.39 is 5.97 Å². The van der Waals surface area contributed by atoms with Crippen molar-refractivity contribution < 1.29 is 14.4 Å². The van der Waals surface area contributed by atoms with Crippen molar-refractivity contribution in [2.24, 2.45) is 0 Å². The van der Waals surface area contributed by atoms with E-state index in [0.29, 0.717) is 38.6 Å². The molecule has 0 fully saturated rings. The van der Waals surface area contributed by atoms with Gasteiger partial charge in [-0.15, -0.1) is 0 Å². The number of hydrogen-bond acceptors (Lipinski definition) is 6. The Morgan fingerprint density at radius 2 is 1.96 bits per heavy atom. The zero-order valence-corrected chi connectivity index (χ0v) is 15.6. The Morgan fingerprint density at radius 3 is 2.59 bits per heavy atom. The quantitative estimate of drug-likeness (QED) is 0.549. The third-order valence-corrected chi connectivity index (χ3v) is 4.50. The molecule has 0 saturated carbocycles. The fourth-order valence-electron chi connectivity index (χ4n) is 2.82. The number of aromatic carboxylic acids is 1. The molecule has 1 aromatic carbocycles. The number of imidazole rings is 1. The first kappa shape index (κ1) is 17.4. The number of aromatic nitrogens is 5. The Labute approximate surface area is 162 Å². The summed E-state index contributed by atoms with van der Waals surface area (Å²) < 4.78 is 6.54. The average molecular weight is 404 g/mol. The van der Waals surface area contributed by atoms with Crippen LogP contribution in [0.2, 0.25) is 10.0 Å². The van der Waals surface area contributed by atoms with Crippen molar-refractivity contribution >= 4 is 34.9 Å². The lowest BCUT2D eigenvalue weighted by Crippen LogP contribution is -2.10. The number of rotatable bonds is 3. The molecular weight excluding hydrogens is 393 g/mol. The lowest BCUT2D eigenvalue weighted by molar-refractivity contribution is 0.0696. The Balaban J connectivity index is 2.08. The van der Waals surface area contributed by atoms with E-state index >= 15 is 0 Å². The predicted molar refractivity (Wildman–Crippen MR) is 98.2 cm³/mol. The van der Waals surface area contributed by atoms with Crippen LogP contribution in [0.4, 0.5) is 0 Å². The molecule has 3 aromatic heterocycles. The van der Waals surface area contributed by atoms with E-state index in [1.165, 1.54) is 0 Å². The lowest BCUT2D eigenvalue weighted by atomic mass is 10.0. The molecule has 8 nitrogen and oxygen atoms in total. The number of halogens is 2. The average Bonchev–Trinajstić information content (AvgIpc) is 3.19. The normalized spacial score (nSPS) is 11.3. The number of carboxylic acids is 1. The largest absolute Gasteiger partial charge is 0.478 e. The summed E-state index contributed by atoms with van der Waals surface area (Å²) in [7, 11) is 0. The highest BCUT2D eigenvalue weighted by Crippen LogP contribution is 2.34. The second-order valence-electron chi connectivity index (χ2n) is 5.78. The molecule has 0 saturated heterocycles. The number of hydrogen-bond donors (Lipinski definition) is 1. The van der Waals surface area contributed by atoms with E-state index in [1.54, 1.807) is 42.6 Å². The summed E-state index contributed by atoms with van der Waals surface area (Å²) in [5, 5.41) is 14.3. The maximum atomic E-state index is 11.9. The molecule has 1 N–H and O–H groups in total. The van der Waals surface area contributed by atoms with Gasteiger partial charge in [0.25, 0.3) is 0 Å². The lowest BCUT2D eigenvalue weighted by Gasteiger charge is -2.13. The standard InChI is InChI=1S/C17H11Cl2N5O3/c1-7-13(16(25)26)14(10-4-3-9(18)5-11(10)19)24-6-12(22-17(24)20-7)15-21-8(2)27-23-15/h3-6H,1-2H3,(H,25,26). The Kier molecular flexibility index (Phi) is 4.09. The van der Waals surface area contributed by atoms with Crippen molar-refractivity contribution in [2.45, 2.75) is 13.8 Å². The molecule has 0 bridgehead atoms. The van der Waals surface area contributed by atoms with Gasteiger partial charge in [0.1, 0.15) is 11.3 Å². The molecule has 0 radical (unpaired) electrons. The van der Waals surface area contributed by atoms with E-state index in [9.17, 15) is 9.90 Å². The highest BCUT2D eigenvalue weighted by Gasteiger charge is 2.24. The number of benzene rings is 1. The van der Waals surface area contributed by atoms with E-state index in [-0.39, 0.29) is 17.2 Å². The molecule has 0 aliphatic carbocycles. The van der Waals surface area contributed by atoms with Crippen molar-refractivity contribution in [1.29, 1.82) is 0 Å². The minimum absolute atomic E-state index is 0.0139. The van der Waals surface area contributed by atoms with Crippen LogP contribution < -0.4 is 0 Å². The van der Waals surface area contributed by atoms with E-state index in [1.807, 2.05) is 0 Å². The van der Waals surface area contributed by atoms with Crippen LogP contribution in [0.1, 0.15) is 21.9 Å². The minimum Gasteiger partial charge on any atom is -0.478 e. The van der Waals surface area contributed by atoms with Gasteiger partial charge >= 0.3 is 5.97 Å². The van der Waals surface area contributed by atoms with Crippen molar-refractivity contribution in [3.8, 4) is 22.8 Å². The molecule has 0 amide bonds. The topological polar surface area (TPSA) is 106 Å². The molecule has 0 aliphatic heterocycles. The highest BCUT2D eigenvalue weighted by atomic mass is 35.5. The summed E-state index contributed by atoms with van der Waals surface area (Å²) in [6.07, 6.45) is 1.60. The Morgan fingerprint density at radius 1 is 1.19 bits per heavy atom. The molecule has 4 aromatic rings. The van der Waals surface area contributed by atoms with Gasteiger partial charge in [-0.3, -0.25) is 4.40 Å². The van der Waals surface area contributed by atoms with Gasteiger partial charge in [0.2, 0.25) is 17.5 Å². The van der Waals surface area contributed by atoms with Crippen LogP contribution in [-0.4, -0.2) is 35.6 Å². The summed E-state index contributed by atoms with van der Waals surface area (Å²) in [5.41, 5.74) is 1.54. The van der Waals surface area contributed by atoms with E-state index in [4.69, 9.17) is 27.7 Å².